The Hall–Kier alpha value is -3.34. The van der Waals surface area contributed by atoms with Crippen LogP contribution >= 0.6 is 11.6 Å². The summed E-state index contributed by atoms with van der Waals surface area (Å²) in [5.74, 6) is -1.80. The summed E-state index contributed by atoms with van der Waals surface area (Å²) < 4.78 is 32.8. The lowest BCUT2D eigenvalue weighted by Crippen LogP contribution is -2.45. The predicted octanol–water partition coefficient (Wildman–Crippen LogP) is 4.29. The number of nitrogens with one attached hydrogen (secondary N) is 2. The molecule has 0 fully saturated rings. The van der Waals surface area contributed by atoms with Crippen molar-refractivity contribution in [3.63, 3.8) is 0 Å². The Labute approximate surface area is 192 Å². The molecule has 11 heteroatoms. The number of aliphatic hydroxyl groups is 2. The molecule has 0 amide bonds. The Morgan fingerprint density at radius 2 is 1.88 bits per heavy atom. The highest BCUT2D eigenvalue weighted by Crippen LogP contribution is 2.37. The molecule has 0 radical (unpaired) electrons. The van der Waals surface area contributed by atoms with Gasteiger partial charge in [0, 0.05) is 16.7 Å². The van der Waals surface area contributed by atoms with E-state index in [4.69, 9.17) is 16.3 Å². The summed E-state index contributed by atoms with van der Waals surface area (Å²) in [6.45, 7) is 0.995. The van der Waals surface area contributed by atoms with Gasteiger partial charge in [-0.1, -0.05) is 36.7 Å². The zero-order chi connectivity index (χ0) is 23.6. The zero-order valence-electron chi connectivity index (χ0n) is 17.4. The average Bonchev–Trinajstić information content (AvgIpc) is 3.24. The van der Waals surface area contributed by atoms with Crippen molar-refractivity contribution in [2.45, 2.75) is 18.9 Å². The minimum atomic E-state index is -1.12. The Kier molecular flexibility index (Phi) is 6.41. The minimum Gasteiger partial charge on any atom is -0.421 e. The van der Waals surface area contributed by atoms with Crippen molar-refractivity contribution in [1.29, 1.82) is 0 Å². The van der Waals surface area contributed by atoms with Crippen LogP contribution in [-0.2, 0) is 0 Å². The number of hydrogen-bond acceptors (Lipinski definition) is 7. The Morgan fingerprint density at radius 1 is 1.12 bits per heavy atom. The van der Waals surface area contributed by atoms with Gasteiger partial charge in [0.1, 0.15) is 11.6 Å². The van der Waals surface area contributed by atoms with Gasteiger partial charge in [0.2, 0.25) is 0 Å². The SMILES string of the molecule is CCC(CO)(CO)Nc1nc(Oc2ccc(F)cc2F)nc2n[nH]c(-c3ccccc3Cl)c12. The van der Waals surface area contributed by atoms with Crippen molar-refractivity contribution in [1.82, 2.24) is 20.2 Å². The number of aromatic amines is 1. The van der Waals surface area contributed by atoms with Gasteiger partial charge in [-0.3, -0.25) is 5.10 Å². The maximum Gasteiger partial charge on any atom is 0.326 e. The average molecular weight is 476 g/mol. The van der Waals surface area contributed by atoms with E-state index in [0.29, 0.717) is 34.2 Å². The molecular formula is C22H20ClF2N5O3. The number of aliphatic hydroxyl groups excluding tert-OH is 2. The molecule has 0 aliphatic heterocycles. The van der Waals surface area contributed by atoms with Gasteiger partial charge < -0.3 is 20.3 Å². The summed E-state index contributed by atoms with van der Waals surface area (Å²) in [6.07, 6.45) is 0.355. The second kappa shape index (κ2) is 9.26. The Bertz CT molecular complexity index is 1290. The van der Waals surface area contributed by atoms with Crippen molar-refractivity contribution in [3.8, 4) is 23.0 Å². The van der Waals surface area contributed by atoms with Crippen molar-refractivity contribution >= 4 is 28.5 Å². The van der Waals surface area contributed by atoms with Crippen LogP contribution in [0.15, 0.2) is 42.5 Å². The third-order valence-corrected chi connectivity index (χ3v) is 5.63. The highest BCUT2D eigenvalue weighted by atomic mass is 35.5. The maximum atomic E-state index is 14.1. The largest absolute Gasteiger partial charge is 0.421 e. The fourth-order valence-corrected chi connectivity index (χ4v) is 3.48. The number of fused-ring (bicyclic) bond motifs is 1. The van der Waals surface area contributed by atoms with E-state index in [0.717, 1.165) is 12.1 Å². The molecule has 0 aliphatic carbocycles. The fraction of sp³-hybridized carbons (Fsp3) is 0.227. The van der Waals surface area contributed by atoms with E-state index < -0.39 is 30.4 Å². The van der Waals surface area contributed by atoms with E-state index in [1.165, 1.54) is 0 Å². The first-order chi connectivity index (χ1) is 15.9. The molecular weight excluding hydrogens is 456 g/mol. The van der Waals surface area contributed by atoms with E-state index in [-0.39, 0.29) is 23.2 Å². The van der Waals surface area contributed by atoms with Crippen molar-refractivity contribution in [2.24, 2.45) is 0 Å². The number of nitrogens with zero attached hydrogens (tertiary/aromatic N) is 3. The molecule has 2 heterocycles. The lowest BCUT2D eigenvalue weighted by molar-refractivity contribution is 0.132. The molecule has 0 saturated carbocycles. The van der Waals surface area contributed by atoms with Crippen LogP contribution in [0, 0.1) is 11.6 Å². The number of benzene rings is 2. The summed E-state index contributed by atoms with van der Waals surface area (Å²) in [5.41, 5.74) is 0.176. The Balaban J connectivity index is 1.88. The van der Waals surface area contributed by atoms with Gasteiger partial charge >= 0.3 is 6.01 Å². The Morgan fingerprint density at radius 3 is 2.55 bits per heavy atom. The fourth-order valence-electron chi connectivity index (χ4n) is 3.25. The number of halogens is 3. The zero-order valence-corrected chi connectivity index (χ0v) is 18.2. The molecule has 2 aromatic carbocycles. The number of hydrogen-bond donors (Lipinski definition) is 4. The van der Waals surface area contributed by atoms with Gasteiger partial charge in [-0.15, -0.1) is 0 Å². The second-order valence-electron chi connectivity index (χ2n) is 7.38. The summed E-state index contributed by atoms with van der Waals surface area (Å²) in [6, 6.07) is 9.64. The smallest absolute Gasteiger partial charge is 0.326 e. The molecule has 172 valence electrons. The predicted molar refractivity (Wildman–Crippen MR) is 119 cm³/mol. The summed E-state index contributed by atoms with van der Waals surface area (Å²) in [4.78, 5) is 8.58. The van der Waals surface area contributed by atoms with E-state index in [9.17, 15) is 19.0 Å². The molecule has 2 aromatic heterocycles. The van der Waals surface area contributed by atoms with Gasteiger partial charge in [0.25, 0.3) is 0 Å². The van der Waals surface area contributed by atoms with Crippen LogP contribution in [0.3, 0.4) is 0 Å². The van der Waals surface area contributed by atoms with Crippen LogP contribution in [0.2, 0.25) is 5.02 Å². The maximum absolute atomic E-state index is 14.1. The highest BCUT2D eigenvalue weighted by Gasteiger charge is 2.30. The number of rotatable bonds is 8. The molecule has 0 atom stereocenters. The molecule has 0 spiro atoms. The van der Waals surface area contributed by atoms with Gasteiger partial charge in [-0.05, 0) is 24.6 Å². The van der Waals surface area contributed by atoms with Crippen molar-refractivity contribution < 1.29 is 23.7 Å². The number of anilines is 1. The summed E-state index contributed by atoms with van der Waals surface area (Å²) in [5, 5.41) is 30.9. The molecule has 0 bridgehead atoms. The standard InChI is InChI=1S/C22H20ClF2N5O3/c1-2-22(10-31,11-32)28-19-17-18(13-5-3-4-6-14(13)23)29-30-20(17)27-21(26-19)33-16-8-7-12(24)9-15(16)25/h3-9,31-32H,2,10-11H2,1H3,(H2,26,27,28,29,30). The topological polar surface area (TPSA) is 116 Å². The quantitative estimate of drug-likeness (QED) is 0.300. The lowest BCUT2D eigenvalue weighted by atomic mass is 9.98. The highest BCUT2D eigenvalue weighted by molar-refractivity contribution is 6.33. The monoisotopic (exact) mass is 475 g/mol. The number of aromatic nitrogens is 4. The normalized spacial score (nSPS) is 11.7. The van der Waals surface area contributed by atoms with E-state index in [1.807, 2.05) is 0 Å². The first-order valence-corrected chi connectivity index (χ1v) is 10.4. The molecule has 8 nitrogen and oxygen atoms in total. The van der Waals surface area contributed by atoms with Crippen LogP contribution in [0.4, 0.5) is 14.6 Å². The van der Waals surface area contributed by atoms with Crippen molar-refractivity contribution in [2.75, 3.05) is 18.5 Å². The molecule has 0 aliphatic rings. The molecule has 33 heavy (non-hydrogen) atoms. The van der Waals surface area contributed by atoms with E-state index in [1.54, 1.807) is 31.2 Å². The van der Waals surface area contributed by atoms with Crippen LogP contribution < -0.4 is 10.1 Å². The third kappa shape index (κ3) is 4.45. The van der Waals surface area contributed by atoms with Gasteiger partial charge in [0.05, 0.1) is 29.8 Å². The molecule has 4 rings (SSSR count). The van der Waals surface area contributed by atoms with Crippen LogP contribution in [0.5, 0.6) is 11.8 Å². The first kappa shape index (κ1) is 22.8. The first-order valence-electron chi connectivity index (χ1n) is 10.0. The number of ether oxygens (including phenoxy) is 1. The van der Waals surface area contributed by atoms with E-state index >= 15 is 0 Å². The lowest BCUT2D eigenvalue weighted by Gasteiger charge is -2.30. The molecule has 0 unspecified atom stereocenters. The third-order valence-electron chi connectivity index (χ3n) is 5.30. The van der Waals surface area contributed by atoms with Gasteiger partial charge in [-0.2, -0.15) is 15.1 Å². The van der Waals surface area contributed by atoms with Gasteiger partial charge in [-0.25, -0.2) is 8.78 Å². The van der Waals surface area contributed by atoms with Crippen LogP contribution in [0.25, 0.3) is 22.3 Å². The van der Waals surface area contributed by atoms with Crippen molar-refractivity contribution in [3.05, 3.63) is 59.1 Å². The van der Waals surface area contributed by atoms with Gasteiger partial charge in [0.15, 0.2) is 17.2 Å². The minimum absolute atomic E-state index is 0.167. The molecule has 4 N–H and O–H groups in total. The molecule has 4 aromatic rings. The molecule has 0 saturated heterocycles. The summed E-state index contributed by atoms with van der Waals surface area (Å²) >= 11 is 6.37. The van der Waals surface area contributed by atoms with E-state index in [2.05, 4.69) is 25.5 Å². The second-order valence-corrected chi connectivity index (χ2v) is 7.79. The van der Waals surface area contributed by atoms with Crippen LogP contribution in [0.1, 0.15) is 13.3 Å². The number of H-pyrrole nitrogens is 1. The van der Waals surface area contributed by atoms with Crippen LogP contribution in [-0.4, -0.2) is 49.1 Å². The summed E-state index contributed by atoms with van der Waals surface area (Å²) in [7, 11) is 0.